The molecule has 5 rings (SSSR count). The van der Waals surface area contributed by atoms with E-state index in [4.69, 9.17) is 9.47 Å². The number of rotatable bonds is 12. The van der Waals surface area contributed by atoms with Gasteiger partial charge in [0.2, 0.25) is 11.8 Å². The number of hydrogen-bond donors (Lipinski definition) is 3. The molecule has 4 aromatic rings. The van der Waals surface area contributed by atoms with E-state index in [1.807, 2.05) is 77.7 Å². The van der Waals surface area contributed by atoms with Crippen molar-refractivity contribution in [3.05, 3.63) is 96.3 Å². The van der Waals surface area contributed by atoms with Crippen LogP contribution in [0, 0.1) is 5.92 Å². The zero-order chi connectivity index (χ0) is 37.5. The number of anilines is 1. The standard InChI is InChI=1S/C40H50N6O6/c1-27-18-20-45(21-19-27)36(48)34(31-17-16-29-14-10-11-15-30(29)22-31)46-24-32(23-41-46)42-35(47)33(26-51-25-28-12-8-7-9-13-28)43-37(49)40(5,6)44-38(50)52-39(2,3)4/h7-17,22-24,27,33-34H,18-21,25-26H2,1-6H3,(H,42,47)(H,43,49)(H,44,50)/t33-,34?/m1/s1. The molecule has 2 atom stereocenters. The van der Waals surface area contributed by atoms with Crippen molar-refractivity contribution in [2.75, 3.05) is 25.0 Å². The fourth-order valence-corrected chi connectivity index (χ4v) is 5.97. The molecule has 3 N–H and O–H groups in total. The summed E-state index contributed by atoms with van der Waals surface area (Å²) in [5, 5.41) is 14.8. The van der Waals surface area contributed by atoms with E-state index < -0.39 is 41.1 Å². The van der Waals surface area contributed by atoms with E-state index in [9.17, 15) is 19.2 Å². The Bertz CT molecular complexity index is 1860. The van der Waals surface area contributed by atoms with Gasteiger partial charge < -0.3 is 30.3 Å². The van der Waals surface area contributed by atoms with Crippen molar-refractivity contribution in [2.24, 2.45) is 5.92 Å². The van der Waals surface area contributed by atoms with Crippen molar-refractivity contribution >= 4 is 40.3 Å². The molecule has 0 aliphatic carbocycles. The number of nitrogens with zero attached hydrogens (tertiary/aromatic N) is 3. The Labute approximate surface area is 305 Å². The van der Waals surface area contributed by atoms with Crippen molar-refractivity contribution < 1.29 is 28.7 Å². The average Bonchev–Trinajstić information content (AvgIpc) is 3.54. The third kappa shape index (κ3) is 10.2. The number of benzene rings is 3. The van der Waals surface area contributed by atoms with Crippen LogP contribution in [0.2, 0.25) is 0 Å². The van der Waals surface area contributed by atoms with Gasteiger partial charge in [-0.3, -0.25) is 19.1 Å². The highest BCUT2D eigenvalue weighted by Crippen LogP contribution is 2.28. The van der Waals surface area contributed by atoms with Gasteiger partial charge in [0.05, 0.1) is 25.1 Å². The Morgan fingerprint density at radius 3 is 2.27 bits per heavy atom. The van der Waals surface area contributed by atoms with Crippen LogP contribution < -0.4 is 16.0 Å². The monoisotopic (exact) mass is 710 g/mol. The summed E-state index contributed by atoms with van der Waals surface area (Å²) in [6.07, 6.45) is 4.20. The number of hydrogen-bond acceptors (Lipinski definition) is 7. The summed E-state index contributed by atoms with van der Waals surface area (Å²) in [6, 6.07) is 21.5. The fourth-order valence-electron chi connectivity index (χ4n) is 5.97. The summed E-state index contributed by atoms with van der Waals surface area (Å²) in [6.45, 7) is 11.8. The number of nitrogens with one attached hydrogen (secondary N) is 3. The molecule has 1 fully saturated rings. The number of carbonyl (C=O) groups is 4. The minimum atomic E-state index is -1.43. The van der Waals surface area contributed by atoms with Crippen molar-refractivity contribution in [1.82, 2.24) is 25.3 Å². The van der Waals surface area contributed by atoms with Gasteiger partial charge in [-0.1, -0.05) is 73.7 Å². The molecule has 0 saturated carbocycles. The number of fused-ring (bicyclic) bond motifs is 1. The number of ether oxygens (including phenoxy) is 2. The molecule has 276 valence electrons. The van der Waals surface area contributed by atoms with E-state index in [0.29, 0.717) is 24.7 Å². The van der Waals surface area contributed by atoms with Crippen LogP contribution >= 0.6 is 0 Å². The topological polar surface area (TPSA) is 144 Å². The van der Waals surface area contributed by atoms with Crippen LogP contribution in [0.3, 0.4) is 0 Å². The molecule has 1 unspecified atom stereocenters. The minimum absolute atomic E-state index is 0.0673. The van der Waals surface area contributed by atoms with Crippen LogP contribution in [0.25, 0.3) is 10.8 Å². The molecule has 4 amide bonds. The summed E-state index contributed by atoms with van der Waals surface area (Å²) in [7, 11) is 0. The molecule has 12 nitrogen and oxygen atoms in total. The lowest BCUT2D eigenvalue weighted by atomic mass is 9.96. The van der Waals surface area contributed by atoms with Gasteiger partial charge in [0, 0.05) is 19.3 Å². The van der Waals surface area contributed by atoms with E-state index in [1.54, 1.807) is 31.6 Å². The first kappa shape index (κ1) is 38.0. The molecule has 0 bridgehead atoms. The number of amides is 4. The second-order valence-electron chi connectivity index (χ2n) is 15.0. The second-order valence-corrected chi connectivity index (χ2v) is 15.0. The Morgan fingerprint density at radius 2 is 1.58 bits per heavy atom. The van der Waals surface area contributed by atoms with E-state index >= 15 is 0 Å². The molecular weight excluding hydrogens is 660 g/mol. The molecular formula is C40H50N6O6. The summed E-state index contributed by atoms with van der Waals surface area (Å²) >= 11 is 0. The van der Waals surface area contributed by atoms with Crippen LogP contribution in [0.5, 0.6) is 0 Å². The molecule has 0 spiro atoms. The highest BCUT2D eigenvalue weighted by Gasteiger charge is 2.35. The fraction of sp³-hybridized carbons (Fsp3) is 0.425. The number of alkyl carbamates (subject to hydrolysis) is 1. The normalized spacial score (nSPS) is 15.1. The van der Waals surface area contributed by atoms with Gasteiger partial charge >= 0.3 is 6.09 Å². The van der Waals surface area contributed by atoms with Gasteiger partial charge in [0.25, 0.3) is 5.91 Å². The van der Waals surface area contributed by atoms with E-state index in [-0.39, 0.29) is 19.1 Å². The summed E-state index contributed by atoms with van der Waals surface area (Å²) in [5.41, 5.74) is -0.176. The smallest absolute Gasteiger partial charge is 0.408 e. The third-order valence-corrected chi connectivity index (χ3v) is 8.95. The van der Waals surface area contributed by atoms with Gasteiger partial charge in [-0.2, -0.15) is 5.10 Å². The molecule has 1 aliphatic rings. The number of likely N-dealkylation sites (tertiary alicyclic amines) is 1. The first-order chi connectivity index (χ1) is 24.7. The molecule has 1 saturated heterocycles. The average molecular weight is 711 g/mol. The minimum Gasteiger partial charge on any atom is -0.444 e. The van der Waals surface area contributed by atoms with E-state index in [0.717, 1.165) is 34.7 Å². The van der Waals surface area contributed by atoms with Gasteiger partial charge in [0.1, 0.15) is 17.2 Å². The third-order valence-electron chi connectivity index (χ3n) is 8.95. The summed E-state index contributed by atoms with van der Waals surface area (Å²) in [4.78, 5) is 55.8. The summed E-state index contributed by atoms with van der Waals surface area (Å²) in [5.74, 6) is -0.691. The lowest BCUT2D eigenvalue weighted by molar-refractivity contribution is -0.135. The van der Waals surface area contributed by atoms with Gasteiger partial charge in [-0.25, -0.2) is 4.79 Å². The second kappa shape index (κ2) is 16.4. The Balaban J connectivity index is 1.36. The zero-order valence-electron chi connectivity index (χ0n) is 30.8. The highest BCUT2D eigenvalue weighted by molar-refractivity contribution is 5.99. The molecule has 12 heteroatoms. The van der Waals surface area contributed by atoms with Crippen LogP contribution in [-0.2, 0) is 30.5 Å². The number of aromatic nitrogens is 2. The lowest BCUT2D eigenvalue weighted by Crippen LogP contribution is -2.59. The largest absolute Gasteiger partial charge is 0.444 e. The molecule has 52 heavy (non-hydrogen) atoms. The number of carbonyl (C=O) groups excluding carboxylic acids is 4. The van der Waals surface area contributed by atoms with Crippen molar-refractivity contribution in [3.8, 4) is 0 Å². The predicted octanol–water partition coefficient (Wildman–Crippen LogP) is 5.83. The molecule has 0 radical (unpaired) electrons. The maximum Gasteiger partial charge on any atom is 0.408 e. The van der Waals surface area contributed by atoms with E-state index in [1.165, 1.54) is 20.0 Å². The van der Waals surface area contributed by atoms with Gasteiger partial charge in [-0.15, -0.1) is 0 Å². The maximum absolute atomic E-state index is 14.2. The number of piperidine rings is 1. The molecule has 1 aromatic heterocycles. The van der Waals surface area contributed by atoms with E-state index in [2.05, 4.69) is 28.0 Å². The lowest BCUT2D eigenvalue weighted by Gasteiger charge is -2.33. The predicted molar refractivity (Wildman–Crippen MR) is 199 cm³/mol. The van der Waals surface area contributed by atoms with Crippen molar-refractivity contribution in [2.45, 2.75) is 84.2 Å². The van der Waals surface area contributed by atoms with Crippen LogP contribution in [0.1, 0.15) is 71.6 Å². The van der Waals surface area contributed by atoms with Crippen LogP contribution in [0.15, 0.2) is 85.2 Å². The summed E-state index contributed by atoms with van der Waals surface area (Å²) < 4.78 is 12.8. The Hall–Kier alpha value is -5.23. The first-order valence-electron chi connectivity index (χ1n) is 17.7. The van der Waals surface area contributed by atoms with Crippen LogP contribution in [0.4, 0.5) is 10.5 Å². The van der Waals surface area contributed by atoms with Gasteiger partial charge in [0.15, 0.2) is 6.04 Å². The molecule has 1 aliphatic heterocycles. The molecule has 2 heterocycles. The van der Waals surface area contributed by atoms with Crippen molar-refractivity contribution in [1.29, 1.82) is 0 Å². The Morgan fingerprint density at radius 1 is 0.904 bits per heavy atom. The quantitative estimate of drug-likeness (QED) is 0.168. The van der Waals surface area contributed by atoms with Gasteiger partial charge in [-0.05, 0) is 81.3 Å². The Kier molecular flexibility index (Phi) is 12.0. The highest BCUT2D eigenvalue weighted by atomic mass is 16.6. The zero-order valence-corrected chi connectivity index (χ0v) is 30.8. The van der Waals surface area contributed by atoms with Crippen LogP contribution in [-0.4, -0.2) is 75.4 Å². The first-order valence-corrected chi connectivity index (χ1v) is 17.7. The SMILES string of the molecule is CC1CCN(C(=O)C(c2ccc3ccccc3c2)n2cc(NC(=O)[C@@H](COCc3ccccc3)NC(=O)C(C)(C)NC(=O)OC(C)(C)C)cn2)CC1. The maximum atomic E-state index is 14.2. The van der Waals surface area contributed by atoms with Crippen molar-refractivity contribution in [3.63, 3.8) is 0 Å². The molecule has 3 aromatic carbocycles.